The summed E-state index contributed by atoms with van der Waals surface area (Å²) in [5.41, 5.74) is 1.30. The highest BCUT2D eigenvalue weighted by atomic mass is 16.5. The molecule has 1 aliphatic heterocycles. The zero-order valence-electron chi connectivity index (χ0n) is 14.5. The Hall–Kier alpha value is -1.73. The maximum absolute atomic E-state index is 12.4. The largest absolute Gasteiger partial charge is 0.379 e. The van der Waals surface area contributed by atoms with Gasteiger partial charge in [-0.2, -0.15) is 0 Å². The first kappa shape index (κ1) is 17.6. The van der Waals surface area contributed by atoms with E-state index in [4.69, 9.17) is 4.74 Å². The Balaban J connectivity index is 1.97. The molecule has 0 bridgehead atoms. The molecule has 1 saturated heterocycles. The van der Waals surface area contributed by atoms with E-state index in [0.29, 0.717) is 18.2 Å². The Morgan fingerprint density at radius 2 is 2.04 bits per heavy atom. The SMILES string of the molecule is CC(C)c1cc(C(=O)NCCN2CCOCC2)nc(N(C)C)n1. The highest BCUT2D eigenvalue weighted by Gasteiger charge is 2.15. The van der Waals surface area contributed by atoms with E-state index in [-0.39, 0.29) is 11.8 Å². The van der Waals surface area contributed by atoms with Gasteiger partial charge in [0.05, 0.1) is 13.2 Å². The van der Waals surface area contributed by atoms with Gasteiger partial charge in [0.2, 0.25) is 5.95 Å². The van der Waals surface area contributed by atoms with Gasteiger partial charge in [-0.1, -0.05) is 13.8 Å². The van der Waals surface area contributed by atoms with Crippen molar-refractivity contribution in [2.45, 2.75) is 19.8 Å². The van der Waals surface area contributed by atoms with Crippen LogP contribution in [0.25, 0.3) is 0 Å². The zero-order chi connectivity index (χ0) is 16.8. The fraction of sp³-hybridized carbons (Fsp3) is 0.688. The number of carbonyl (C=O) groups excluding carboxylic acids is 1. The van der Waals surface area contributed by atoms with Crippen LogP contribution in [0.2, 0.25) is 0 Å². The molecule has 0 spiro atoms. The molecule has 1 amide bonds. The number of hydrogen-bond acceptors (Lipinski definition) is 6. The predicted molar refractivity (Wildman–Crippen MR) is 90.0 cm³/mol. The van der Waals surface area contributed by atoms with E-state index in [1.54, 1.807) is 6.07 Å². The molecule has 1 aromatic rings. The van der Waals surface area contributed by atoms with Crippen molar-refractivity contribution >= 4 is 11.9 Å². The predicted octanol–water partition coefficient (Wildman–Crippen LogP) is 0.728. The second-order valence-corrected chi connectivity index (χ2v) is 6.24. The summed E-state index contributed by atoms with van der Waals surface area (Å²) >= 11 is 0. The third-order valence-corrected chi connectivity index (χ3v) is 3.78. The van der Waals surface area contributed by atoms with Crippen LogP contribution in [0.4, 0.5) is 5.95 Å². The fourth-order valence-electron chi connectivity index (χ4n) is 2.31. The maximum Gasteiger partial charge on any atom is 0.270 e. The Kier molecular flexibility index (Phi) is 6.29. The normalized spacial score (nSPS) is 15.7. The summed E-state index contributed by atoms with van der Waals surface area (Å²) in [6.07, 6.45) is 0. The number of rotatable bonds is 6. The molecule has 0 aromatic carbocycles. The summed E-state index contributed by atoms with van der Waals surface area (Å²) in [4.78, 5) is 25.3. The lowest BCUT2D eigenvalue weighted by atomic mass is 10.1. The van der Waals surface area contributed by atoms with Gasteiger partial charge in [-0.25, -0.2) is 9.97 Å². The van der Waals surface area contributed by atoms with Crippen LogP contribution in [0.1, 0.15) is 35.9 Å². The Bertz CT molecular complexity index is 501. The number of aromatic nitrogens is 2. The highest BCUT2D eigenvalue weighted by molar-refractivity contribution is 5.92. The number of morpholine rings is 1. The van der Waals surface area contributed by atoms with E-state index in [1.807, 2.05) is 19.0 Å². The number of nitrogens with one attached hydrogen (secondary N) is 1. The molecule has 1 fully saturated rings. The van der Waals surface area contributed by atoms with Crippen LogP contribution in [0.3, 0.4) is 0 Å². The van der Waals surface area contributed by atoms with Crippen molar-refractivity contribution in [1.29, 1.82) is 0 Å². The summed E-state index contributed by atoms with van der Waals surface area (Å²) in [6.45, 7) is 8.93. The molecule has 2 heterocycles. The minimum Gasteiger partial charge on any atom is -0.379 e. The molecule has 1 aromatic heterocycles. The molecule has 1 aliphatic rings. The molecule has 23 heavy (non-hydrogen) atoms. The van der Waals surface area contributed by atoms with Gasteiger partial charge in [-0.05, 0) is 12.0 Å². The Labute approximate surface area is 138 Å². The molecule has 7 heteroatoms. The average Bonchev–Trinajstić information content (AvgIpc) is 2.55. The second kappa shape index (κ2) is 8.21. The van der Waals surface area contributed by atoms with Crippen molar-refractivity contribution < 1.29 is 9.53 Å². The van der Waals surface area contributed by atoms with Crippen molar-refractivity contribution in [2.24, 2.45) is 0 Å². The molecule has 0 saturated carbocycles. The van der Waals surface area contributed by atoms with Gasteiger partial charge < -0.3 is 15.0 Å². The third kappa shape index (κ3) is 5.14. The van der Waals surface area contributed by atoms with Crippen molar-refractivity contribution in [3.8, 4) is 0 Å². The Morgan fingerprint density at radius 3 is 2.65 bits per heavy atom. The smallest absolute Gasteiger partial charge is 0.270 e. The van der Waals surface area contributed by atoms with Crippen LogP contribution < -0.4 is 10.2 Å². The van der Waals surface area contributed by atoms with Crippen LogP contribution in [-0.2, 0) is 4.74 Å². The van der Waals surface area contributed by atoms with Crippen molar-refractivity contribution in [2.75, 3.05) is 58.4 Å². The lowest BCUT2D eigenvalue weighted by molar-refractivity contribution is 0.0383. The van der Waals surface area contributed by atoms with Crippen LogP contribution in [0.15, 0.2) is 6.07 Å². The van der Waals surface area contributed by atoms with Crippen LogP contribution in [0, 0.1) is 0 Å². The third-order valence-electron chi connectivity index (χ3n) is 3.78. The second-order valence-electron chi connectivity index (χ2n) is 6.24. The van der Waals surface area contributed by atoms with E-state index >= 15 is 0 Å². The zero-order valence-corrected chi connectivity index (χ0v) is 14.5. The first-order chi connectivity index (χ1) is 11.0. The highest BCUT2D eigenvalue weighted by Crippen LogP contribution is 2.16. The van der Waals surface area contributed by atoms with Crippen LogP contribution in [0.5, 0.6) is 0 Å². The van der Waals surface area contributed by atoms with Gasteiger partial charge in [0, 0.05) is 46.0 Å². The standard InChI is InChI=1S/C16H27N5O2/c1-12(2)13-11-14(19-16(18-13)20(3)4)15(22)17-5-6-21-7-9-23-10-8-21/h11-12H,5-10H2,1-4H3,(H,17,22). The maximum atomic E-state index is 12.4. The van der Waals surface area contributed by atoms with Gasteiger partial charge in [0.15, 0.2) is 0 Å². The first-order valence-corrected chi connectivity index (χ1v) is 8.12. The number of ether oxygens (including phenoxy) is 1. The molecule has 0 radical (unpaired) electrons. The monoisotopic (exact) mass is 321 g/mol. The Morgan fingerprint density at radius 1 is 1.35 bits per heavy atom. The van der Waals surface area contributed by atoms with E-state index in [1.165, 1.54) is 0 Å². The van der Waals surface area contributed by atoms with E-state index in [0.717, 1.165) is 38.5 Å². The average molecular weight is 321 g/mol. The molecule has 0 aliphatic carbocycles. The molecular weight excluding hydrogens is 294 g/mol. The molecule has 1 N–H and O–H groups in total. The topological polar surface area (TPSA) is 70.6 Å². The fourth-order valence-corrected chi connectivity index (χ4v) is 2.31. The summed E-state index contributed by atoms with van der Waals surface area (Å²) in [5.74, 6) is 0.664. The molecule has 0 unspecified atom stereocenters. The van der Waals surface area contributed by atoms with Crippen LogP contribution >= 0.6 is 0 Å². The van der Waals surface area contributed by atoms with Crippen molar-refractivity contribution in [3.63, 3.8) is 0 Å². The molecule has 0 atom stereocenters. The minimum absolute atomic E-state index is 0.148. The first-order valence-electron chi connectivity index (χ1n) is 8.12. The number of nitrogens with zero attached hydrogens (tertiary/aromatic N) is 4. The lowest BCUT2D eigenvalue weighted by Crippen LogP contribution is -2.41. The summed E-state index contributed by atoms with van der Waals surface area (Å²) in [7, 11) is 3.75. The lowest BCUT2D eigenvalue weighted by Gasteiger charge is -2.26. The number of amides is 1. The van der Waals surface area contributed by atoms with E-state index in [2.05, 4.69) is 34.0 Å². The van der Waals surface area contributed by atoms with Gasteiger partial charge in [-0.3, -0.25) is 9.69 Å². The van der Waals surface area contributed by atoms with Gasteiger partial charge in [-0.15, -0.1) is 0 Å². The number of anilines is 1. The van der Waals surface area contributed by atoms with Gasteiger partial charge in [0.1, 0.15) is 5.69 Å². The van der Waals surface area contributed by atoms with Crippen molar-refractivity contribution in [1.82, 2.24) is 20.2 Å². The van der Waals surface area contributed by atoms with Gasteiger partial charge >= 0.3 is 0 Å². The molecule has 2 rings (SSSR count). The summed E-state index contributed by atoms with van der Waals surface area (Å²) in [6, 6.07) is 1.78. The molecule has 7 nitrogen and oxygen atoms in total. The van der Waals surface area contributed by atoms with E-state index < -0.39 is 0 Å². The van der Waals surface area contributed by atoms with Gasteiger partial charge in [0.25, 0.3) is 5.91 Å². The summed E-state index contributed by atoms with van der Waals surface area (Å²) < 4.78 is 5.32. The number of hydrogen-bond donors (Lipinski definition) is 1. The quantitative estimate of drug-likeness (QED) is 0.833. The minimum atomic E-state index is -0.148. The molecule has 128 valence electrons. The molecular formula is C16H27N5O2. The van der Waals surface area contributed by atoms with E-state index in [9.17, 15) is 4.79 Å². The summed E-state index contributed by atoms with van der Waals surface area (Å²) in [5, 5.41) is 2.95. The van der Waals surface area contributed by atoms with Crippen LogP contribution in [-0.4, -0.2) is 74.3 Å². The van der Waals surface area contributed by atoms with Crippen molar-refractivity contribution in [3.05, 3.63) is 17.5 Å². The number of carbonyl (C=O) groups is 1.